The van der Waals surface area contributed by atoms with Crippen molar-refractivity contribution in [3.63, 3.8) is 0 Å². The quantitative estimate of drug-likeness (QED) is 0.248. The van der Waals surface area contributed by atoms with Gasteiger partial charge in [-0.05, 0) is 47.9 Å². The summed E-state index contributed by atoms with van der Waals surface area (Å²) >= 11 is 6.24. The molecule has 0 bridgehead atoms. The number of ketones is 3. The van der Waals surface area contributed by atoms with Gasteiger partial charge >= 0.3 is 0 Å². The largest absolute Gasteiger partial charge is 0.495 e. The van der Waals surface area contributed by atoms with Crippen molar-refractivity contribution in [1.82, 2.24) is 4.57 Å². The highest BCUT2D eigenvalue weighted by atomic mass is 35.5. The van der Waals surface area contributed by atoms with Crippen LogP contribution in [0.5, 0.6) is 11.5 Å². The zero-order valence-electron chi connectivity index (χ0n) is 22.7. The Hall–Kier alpha value is -4.49. The fourth-order valence-corrected chi connectivity index (χ4v) is 5.33. The SMILES string of the molecule is COc1cn(C(Cc2ccccc2)C(=O)Cc2ccc3c(c2)CC(=O)CO3)c(=O)cc1-c1cc(Cl)ccc1C(C)=O. The summed E-state index contributed by atoms with van der Waals surface area (Å²) in [5.41, 5.74) is 3.23. The normalized spacial score (nSPS) is 13.2. The van der Waals surface area contributed by atoms with Crippen LogP contribution in [0.15, 0.2) is 83.8 Å². The van der Waals surface area contributed by atoms with Gasteiger partial charge in [-0.25, -0.2) is 0 Å². The van der Waals surface area contributed by atoms with E-state index in [9.17, 15) is 19.2 Å². The highest BCUT2D eigenvalue weighted by Gasteiger charge is 2.26. The number of hydrogen-bond acceptors (Lipinski definition) is 6. The number of fused-ring (bicyclic) bond motifs is 1. The molecule has 41 heavy (non-hydrogen) atoms. The van der Waals surface area contributed by atoms with Gasteiger partial charge < -0.3 is 14.0 Å². The van der Waals surface area contributed by atoms with Crippen molar-refractivity contribution in [2.75, 3.05) is 13.7 Å². The van der Waals surface area contributed by atoms with Gasteiger partial charge in [-0.15, -0.1) is 0 Å². The first-order valence-electron chi connectivity index (χ1n) is 13.2. The Labute approximate surface area is 242 Å². The number of nitrogens with zero attached hydrogens (tertiary/aromatic N) is 1. The molecule has 2 heterocycles. The number of carbonyl (C=O) groups is 3. The minimum atomic E-state index is -0.839. The lowest BCUT2D eigenvalue weighted by Crippen LogP contribution is -2.32. The molecule has 0 saturated carbocycles. The summed E-state index contributed by atoms with van der Waals surface area (Å²) in [6.45, 7) is 1.49. The number of pyridine rings is 1. The van der Waals surface area contributed by atoms with Crippen LogP contribution >= 0.6 is 11.6 Å². The Morgan fingerprint density at radius 3 is 2.49 bits per heavy atom. The predicted octanol–water partition coefficient (Wildman–Crippen LogP) is 5.48. The van der Waals surface area contributed by atoms with Crippen molar-refractivity contribution in [3.8, 4) is 22.6 Å². The molecule has 1 aliphatic heterocycles. The van der Waals surface area contributed by atoms with Crippen molar-refractivity contribution >= 4 is 29.0 Å². The van der Waals surface area contributed by atoms with E-state index in [0.717, 1.165) is 16.7 Å². The van der Waals surface area contributed by atoms with Crippen molar-refractivity contribution in [2.24, 2.45) is 0 Å². The molecule has 1 aromatic heterocycles. The summed E-state index contributed by atoms with van der Waals surface area (Å²) in [6, 6.07) is 20.3. The van der Waals surface area contributed by atoms with Gasteiger partial charge in [0.1, 0.15) is 18.1 Å². The molecule has 1 atom stereocenters. The lowest BCUT2D eigenvalue weighted by Gasteiger charge is -2.22. The summed E-state index contributed by atoms with van der Waals surface area (Å²) in [5, 5.41) is 0.408. The van der Waals surface area contributed by atoms with Crippen LogP contribution < -0.4 is 15.0 Å². The van der Waals surface area contributed by atoms with Crippen molar-refractivity contribution in [1.29, 1.82) is 0 Å². The summed E-state index contributed by atoms with van der Waals surface area (Å²) in [5.74, 6) is 0.584. The van der Waals surface area contributed by atoms with Crippen LogP contribution in [0.1, 0.15) is 40.0 Å². The monoisotopic (exact) mass is 569 g/mol. The van der Waals surface area contributed by atoms with Gasteiger partial charge in [0.15, 0.2) is 17.3 Å². The predicted molar refractivity (Wildman–Crippen MR) is 156 cm³/mol. The molecule has 0 aliphatic carbocycles. The molecule has 0 spiro atoms. The Bertz CT molecular complexity index is 1710. The van der Waals surface area contributed by atoms with E-state index in [1.807, 2.05) is 36.4 Å². The van der Waals surface area contributed by atoms with Crippen LogP contribution in [-0.4, -0.2) is 35.6 Å². The maximum Gasteiger partial charge on any atom is 0.252 e. The first-order valence-corrected chi connectivity index (χ1v) is 13.5. The van der Waals surface area contributed by atoms with Gasteiger partial charge in [0.25, 0.3) is 5.56 Å². The van der Waals surface area contributed by atoms with E-state index in [-0.39, 0.29) is 43.2 Å². The number of aromatic nitrogens is 1. The second-order valence-corrected chi connectivity index (χ2v) is 10.5. The van der Waals surface area contributed by atoms with E-state index < -0.39 is 11.6 Å². The van der Waals surface area contributed by atoms with E-state index in [0.29, 0.717) is 33.2 Å². The molecular formula is C33H28ClNO6. The first-order chi connectivity index (χ1) is 19.7. The van der Waals surface area contributed by atoms with Gasteiger partial charge in [-0.1, -0.05) is 54.1 Å². The molecule has 1 aliphatic rings. The molecule has 0 radical (unpaired) electrons. The summed E-state index contributed by atoms with van der Waals surface area (Å²) in [4.78, 5) is 51.8. The smallest absolute Gasteiger partial charge is 0.252 e. The Morgan fingerprint density at radius 1 is 0.976 bits per heavy atom. The lowest BCUT2D eigenvalue weighted by molar-refractivity contribution is -0.122. The van der Waals surface area contributed by atoms with E-state index >= 15 is 0 Å². The van der Waals surface area contributed by atoms with Gasteiger partial charge in [0.2, 0.25) is 0 Å². The number of Topliss-reactive ketones (excluding diaryl/α,β-unsaturated/α-hetero) is 3. The number of halogens is 1. The molecule has 0 fully saturated rings. The van der Waals surface area contributed by atoms with Crippen molar-refractivity contribution in [2.45, 2.75) is 32.2 Å². The molecule has 4 aromatic rings. The third kappa shape index (κ3) is 6.15. The van der Waals surface area contributed by atoms with Crippen molar-refractivity contribution in [3.05, 3.63) is 117 Å². The number of hydrogen-bond donors (Lipinski definition) is 0. The van der Waals surface area contributed by atoms with Crippen LogP contribution in [0.2, 0.25) is 5.02 Å². The Morgan fingerprint density at radius 2 is 1.76 bits per heavy atom. The summed E-state index contributed by atoms with van der Waals surface area (Å²) < 4.78 is 12.5. The van der Waals surface area contributed by atoms with E-state index in [1.165, 1.54) is 30.9 Å². The molecule has 0 saturated heterocycles. The van der Waals surface area contributed by atoms with Crippen molar-refractivity contribution < 1.29 is 23.9 Å². The Kier molecular flexibility index (Phi) is 8.17. The van der Waals surface area contributed by atoms with Gasteiger partial charge in [-0.2, -0.15) is 0 Å². The van der Waals surface area contributed by atoms with Crippen LogP contribution in [0.25, 0.3) is 11.1 Å². The average molecular weight is 570 g/mol. The van der Waals surface area contributed by atoms with Crippen LogP contribution in [0, 0.1) is 0 Å². The minimum Gasteiger partial charge on any atom is -0.495 e. The van der Waals surface area contributed by atoms with E-state index in [1.54, 1.807) is 30.3 Å². The highest BCUT2D eigenvalue weighted by molar-refractivity contribution is 6.31. The molecule has 0 amide bonds. The van der Waals surface area contributed by atoms with Crippen LogP contribution in [0.4, 0.5) is 0 Å². The summed E-state index contributed by atoms with van der Waals surface area (Å²) in [7, 11) is 1.47. The Balaban J connectivity index is 1.56. The second-order valence-electron chi connectivity index (χ2n) is 10.0. The first kappa shape index (κ1) is 28.1. The standard InChI is InChI=1S/C33H28ClNO6/c1-20(36)26-10-9-24(34)16-27(26)28-17-33(39)35(18-32(28)40-2)29(13-21-6-4-3-5-7-21)30(38)14-22-8-11-31-23(12-22)15-25(37)19-41-31/h3-12,16-18,29H,13-15,19H2,1-2H3. The number of ether oxygens (including phenoxy) is 2. The number of carbonyl (C=O) groups excluding carboxylic acids is 3. The highest BCUT2D eigenvalue weighted by Crippen LogP contribution is 2.34. The van der Waals surface area contributed by atoms with E-state index in [4.69, 9.17) is 21.1 Å². The number of rotatable bonds is 9. The van der Waals surface area contributed by atoms with Gasteiger partial charge in [0.05, 0.1) is 19.3 Å². The molecule has 5 rings (SSSR count). The molecular weight excluding hydrogens is 542 g/mol. The second kappa shape index (κ2) is 11.9. The third-order valence-corrected chi connectivity index (χ3v) is 7.41. The zero-order chi connectivity index (χ0) is 29.1. The van der Waals surface area contributed by atoms with Crippen LogP contribution in [0.3, 0.4) is 0 Å². The van der Waals surface area contributed by atoms with Gasteiger partial charge in [-0.3, -0.25) is 19.2 Å². The van der Waals surface area contributed by atoms with E-state index in [2.05, 4.69) is 0 Å². The lowest BCUT2D eigenvalue weighted by atomic mass is 9.94. The molecule has 8 heteroatoms. The molecule has 208 valence electrons. The molecule has 3 aromatic carbocycles. The molecule has 0 N–H and O–H groups in total. The third-order valence-electron chi connectivity index (χ3n) is 7.17. The number of methoxy groups -OCH3 is 1. The maximum atomic E-state index is 13.9. The average Bonchev–Trinajstić information content (AvgIpc) is 2.96. The summed E-state index contributed by atoms with van der Waals surface area (Å²) in [6.07, 6.45) is 2.12. The zero-order valence-corrected chi connectivity index (χ0v) is 23.4. The fourth-order valence-electron chi connectivity index (χ4n) is 5.16. The molecule has 7 nitrogen and oxygen atoms in total. The van der Waals surface area contributed by atoms with Crippen LogP contribution in [-0.2, 0) is 28.9 Å². The minimum absolute atomic E-state index is 0.0192. The van der Waals surface area contributed by atoms with Gasteiger partial charge in [0, 0.05) is 47.0 Å². The fraction of sp³-hybridized carbons (Fsp3) is 0.212. The molecule has 1 unspecified atom stereocenters. The number of benzene rings is 3. The topological polar surface area (TPSA) is 91.7 Å². The maximum absolute atomic E-state index is 13.9.